The molecular weight excluding hydrogens is 202 g/mol. The average Bonchev–Trinajstić information content (AvgIpc) is 2.82. The van der Waals surface area contributed by atoms with E-state index in [0.717, 1.165) is 12.8 Å². The van der Waals surface area contributed by atoms with Gasteiger partial charge in [-0.05, 0) is 38.0 Å². The smallest absolute Gasteiger partial charge is 0.326 e. The average molecular weight is 225 g/mol. The molecule has 0 bridgehead atoms. The molecule has 2 saturated carbocycles. The maximum atomic E-state index is 12.0. The van der Waals surface area contributed by atoms with E-state index in [1.807, 2.05) is 6.92 Å². The molecular formula is C13H23NO2. The molecule has 1 atom stereocenters. The van der Waals surface area contributed by atoms with Crippen molar-refractivity contribution in [2.24, 2.45) is 5.41 Å². The lowest BCUT2D eigenvalue weighted by molar-refractivity contribution is -0.151. The largest absolute Gasteiger partial charge is 0.468 e. The minimum Gasteiger partial charge on any atom is -0.468 e. The van der Waals surface area contributed by atoms with Gasteiger partial charge < -0.3 is 4.74 Å². The molecule has 2 aliphatic rings. The van der Waals surface area contributed by atoms with Crippen LogP contribution in [0.3, 0.4) is 0 Å². The van der Waals surface area contributed by atoms with Gasteiger partial charge in [0.15, 0.2) is 0 Å². The highest BCUT2D eigenvalue weighted by atomic mass is 16.5. The maximum absolute atomic E-state index is 12.0. The third kappa shape index (κ3) is 1.86. The highest BCUT2D eigenvalue weighted by molar-refractivity contribution is 5.82. The van der Waals surface area contributed by atoms with Crippen molar-refractivity contribution in [3.63, 3.8) is 0 Å². The molecule has 2 fully saturated rings. The highest BCUT2D eigenvalue weighted by Gasteiger charge is 2.58. The quantitative estimate of drug-likeness (QED) is 0.746. The molecule has 2 aliphatic carbocycles. The van der Waals surface area contributed by atoms with E-state index < -0.39 is 5.54 Å². The zero-order chi connectivity index (χ0) is 11.8. The van der Waals surface area contributed by atoms with Gasteiger partial charge >= 0.3 is 5.97 Å². The number of ether oxygens (including phenoxy) is 1. The fourth-order valence-electron chi connectivity index (χ4n) is 2.85. The Morgan fingerprint density at radius 1 is 1.38 bits per heavy atom. The van der Waals surface area contributed by atoms with Gasteiger partial charge in [-0.25, -0.2) is 0 Å². The molecule has 0 aromatic rings. The normalized spacial score (nSPS) is 27.4. The van der Waals surface area contributed by atoms with Gasteiger partial charge in [0, 0.05) is 6.04 Å². The first-order valence-electron chi connectivity index (χ1n) is 6.38. The van der Waals surface area contributed by atoms with E-state index >= 15 is 0 Å². The number of hydrogen-bond donors (Lipinski definition) is 1. The second-order valence-corrected chi connectivity index (χ2v) is 5.80. The van der Waals surface area contributed by atoms with Gasteiger partial charge in [0.1, 0.15) is 5.54 Å². The van der Waals surface area contributed by atoms with Crippen molar-refractivity contribution < 1.29 is 9.53 Å². The molecule has 0 amide bonds. The van der Waals surface area contributed by atoms with Crippen LogP contribution in [0.15, 0.2) is 0 Å². The molecule has 0 spiro atoms. The van der Waals surface area contributed by atoms with Crippen LogP contribution < -0.4 is 5.32 Å². The molecule has 0 aromatic carbocycles. The van der Waals surface area contributed by atoms with E-state index in [1.165, 1.54) is 32.8 Å². The summed E-state index contributed by atoms with van der Waals surface area (Å²) in [7, 11) is 1.49. The van der Waals surface area contributed by atoms with Gasteiger partial charge in [-0.1, -0.05) is 19.8 Å². The fourth-order valence-corrected chi connectivity index (χ4v) is 2.85. The molecule has 2 rings (SSSR count). The van der Waals surface area contributed by atoms with Gasteiger partial charge in [0.2, 0.25) is 0 Å². The predicted octanol–water partition coefficient (Wildman–Crippen LogP) is 2.25. The summed E-state index contributed by atoms with van der Waals surface area (Å²) in [6.07, 6.45) is 7.21. The topological polar surface area (TPSA) is 38.3 Å². The number of esters is 1. The fraction of sp³-hybridized carbons (Fsp3) is 0.923. The molecule has 1 N–H and O–H groups in total. The lowest BCUT2D eigenvalue weighted by atomic mass is 9.83. The number of carbonyl (C=O) groups is 1. The van der Waals surface area contributed by atoms with Crippen molar-refractivity contribution in [1.82, 2.24) is 5.32 Å². The maximum Gasteiger partial charge on any atom is 0.326 e. The van der Waals surface area contributed by atoms with E-state index in [9.17, 15) is 4.79 Å². The predicted molar refractivity (Wildman–Crippen MR) is 63.2 cm³/mol. The van der Waals surface area contributed by atoms with Crippen LogP contribution in [0, 0.1) is 5.41 Å². The van der Waals surface area contributed by atoms with Crippen LogP contribution >= 0.6 is 0 Å². The van der Waals surface area contributed by atoms with Crippen LogP contribution in [-0.2, 0) is 9.53 Å². The molecule has 92 valence electrons. The van der Waals surface area contributed by atoms with Gasteiger partial charge in [-0.2, -0.15) is 0 Å². The molecule has 0 heterocycles. The van der Waals surface area contributed by atoms with E-state index in [-0.39, 0.29) is 11.4 Å². The SMILES string of the molecule is COC(=O)C(C)(NC1CCCC1)C1(C)CC1. The van der Waals surface area contributed by atoms with Crippen molar-refractivity contribution in [2.75, 3.05) is 7.11 Å². The Hall–Kier alpha value is -0.570. The first-order chi connectivity index (χ1) is 7.52. The Kier molecular flexibility index (Phi) is 2.99. The molecule has 3 heteroatoms. The van der Waals surface area contributed by atoms with Crippen molar-refractivity contribution in [2.45, 2.75) is 64.0 Å². The summed E-state index contributed by atoms with van der Waals surface area (Å²) in [5.41, 5.74) is -0.389. The Balaban J connectivity index is 2.10. The molecule has 3 nitrogen and oxygen atoms in total. The number of rotatable bonds is 4. The van der Waals surface area contributed by atoms with Gasteiger partial charge in [-0.3, -0.25) is 10.1 Å². The second kappa shape index (κ2) is 4.02. The lowest BCUT2D eigenvalue weighted by Crippen LogP contribution is -2.59. The summed E-state index contributed by atoms with van der Waals surface area (Å²) in [5.74, 6) is -0.0978. The van der Waals surface area contributed by atoms with E-state index in [0.29, 0.717) is 6.04 Å². The summed E-state index contributed by atoms with van der Waals surface area (Å²) in [4.78, 5) is 12.0. The first-order valence-corrected chi connectivity index (χ1v) is 6.38. The highest BCUT2D eigenvalue weighted by Crippen LogP contribution is 2.54. The Morgan fingerprint density at radius 2 is 1.94 bits per heavy atom. The van der Waals surface area contributed by atoms with Crippen LogP contribution in [0.25, 0.3) is 0 Å². The molecule has 0 aliphatic heterocycles. The Labute approximate surface area is 97.9 Å². The molecule has 0 aromatic heterocycles. The summed E-state index contributed by atoms with van der Waals surface area (Å²) in [6.45, 7) is 4.20. The van der Waals surface area contributed by atoms with Crippen molar-refractivity contribution >= 4 is 5.97 Å². The van der Waals surface area contributed by atoms with E-state index in [1.54, 1.807) is 0 Å². The first kappa shape index (κ1) is 11.9. The number of hydrogen-bond acceptors (Lipinski definition) is 3. The minimum absolute atomic E-state index is 0.0978. The molecule has 16 heavy (non-hydrogen) atoms. The van der Waals surface area contributed by atoms with Gasteiger partial charge in [0.05, 0.1) is 7.11 Å². The van der Waals surface area contributed by atoms with E-state index in [2.05, 4.69) is 12.2 Å². The summed E-state index contributed by atoms with van der Waals surface area (Å²) in [6, 6.07) is 0.501. The minimum atomic E-state index is -0.489. The van der Waals surface area contributed by atoms with Crippen LogP contribution in [0.4, 0.5) is 0 Å². The molecule has 0 saturated heterocycles. The van der Waals surface area contributed by atoms with Crippen LogP contribution in [0.2, 0.25) is 0 Å². The second-order valence-electron chi connectivity index (χ2n) is 5.80. The van der Waals surface area contributed by atoms with Crippen molar-refractivity contribution in [3.8, 4) is 0 Å². The lowest BCUT2D eigenvalue weighted by Gasteiger charge is -2.36. The Bertz CT molecular complexity index is 280. The summed E-state index contributed by atoms with van der Waals surface area (Å²) >= 11 is 0. The molecule has 0 radical (unpaired) electrons. The standard InChI is InChI=1S/C13H23NO2/c1-12(8-9-12)13(2,11(15)16-3)14-10-6-4-5-7-10/h10,14H,4-9H2,1-3H3. The van der Waals surface area contributed by atoms with Gasteiger partial charge in [-0.15, -0.1) is 0 Å². The van der Waals surface area contributed by atoms with Crippen LogP contribution in [0.1, 0.15) is 52.4 Å². The molecule has 1 unspecified atom stereocenters. The van der Waals surface area contributed by atoms with Crippen molar-refractivity contribution in [1.29, 1.82) is 0 Å². The van der Waals surface area contributed by atoms with Gasteiger partial charge in [0.25, 0.3) is 0 Å². The third-order valence-electron chi connectivity index (χ3n) is 4.65. The van der Waals surface area contributed by atoms with Crippen LogP contribution in [-0.4, -0.2) is 24.7 Å². The number of methoxy groups -OCH3 is 1. The number of nitrogens with one attached hydrogen (secondary N) is 1. The number of carbonyl (C=O) groups excluding carboxylic acids is 1. The summed E-state index contributed by atoms with van der Waals surface area (Å²) < 4.78 is 4.99. The Morgan fingerprint density at radius 3 is 2.38 bits per heavy atom. The summed E-state index contributed by atoms with van der Waals surface area (Å²) in [5, 5.41) is 3.57. The van der Waals surface area contributed by atoms with E-state index in [4.69, 9.17) is 4.74 Å². The zero-order valence-corrected chi connectivity index (χ0v) is 10.6. The monoisotopic (exact) mass is 225 g/mol. The van der Waals surface area contributed by atoms with Crippen LogP contribution in [0.5, 0.6) is 0 Å². The zero-order valence-electron chi connectivity index (χ0n) is 10.6. The van der Waals surface area contributed by atoms with Crippen molar-refractivity contribution in [3.05, 3.63) is 0 Å². The third-order valence-corrected chi connectivity index (χ3v) is 4.65.